The first-order valence-electron chi connectivity index (χ1n) is 6.08. The van der Waals surface area contributed by atoms with Crippen molar-refractivity contribution in [3.05, 3.63) is 29.8 Å². The van der Waals surface area contributed by atoms with Crippen LogP contribution in [0.5, 0.6) is 5.75 Å². The van der Waals surface area contributed by atoms with Crippen LogP contribution < -0.4 is 4.74 Å². The Hall–Kier alpha value is -1.53. The molecule has 0 N–H and O–H groups in total. The molecule has 0 atom stereocenters. The molecule has 0 amide bonds. The third-order valence-corrected chi connectivity index (χ3v) is 2.34. The molecular weight excluding hydrogens is 214 g/mol. The lowest BCUT2D eigenvalue weighted by atomic mass is 10.2. The maximum Gasteiger partial charge on any atom is 0.137 e. The van der Waals surface area contributed by atoms with Crippen LogP contribution in [0.15, 0.2) is 24.3 Å². The number of ether oxygens (including phenoxy) is 2. The zero-order valence-corrected chi connectivity index (χ0v) is 10.3. The average molecular weight is 233 g/mol. The van der Waals surface area contributed by atoms with E-state index in [0.29, 0.717) is 24.5 Å². The van der Waals surface area contributed by atoms with Gasteiger partial charge in [0.15, 0.2) is 0 Å². The molecule has 0 aliphatic carbocycles. The number of unbranched alkanes of at least 4 members (excludes halogenated alkanes) is 1. The summed E-state index contributed by atoms with van der Waals surface area (Å²) < 4.78 is 11.0. The van der Waals surface area contributed by atoms with E-state index < -0.39 is 0 Å². The molecule has 3 heteroatoms. The number of hydrogen-bond donors (Lipinski definition) is 0. The van der Waals surface area contributed by atoms with Crippen molar-refractivity contribution < 1.29 is 9.47 Å². The molecule has 0 bridgehead atoms. The SMILES string of the molecule is CCCCOCCCOc1ccccc1C#N. The van der Waals surface area contributed by atoms with Gasteiger partial charge in [-0.15, -0.1) is 0 Å². The molecule has 92 valence electrons. The molecule has 0 aromatic heterocycles. The minimum Gasteiger partial charge on any atom is -0.492 e. The Kier molecular flexibility index (Phi) is 6.85. The van der Waals surface area contributed by atoms with Crippen LogP contribution in [-0.2, 0) is 4.74 Å². The second-order valence-corrected chi connectivity index (χ2v) is 3.78. The van der Waals surface area contributed by atoms with Gasteiger partial charge in [-0.25, -0.2) is 0 Å². The molecule has 1 aromatic rings. The van der Waals surface area contributed by atoms with Gasteiger partial charge in [0.2, 0.25) is 0 Å². The molecule has 0 heterocycles. The van der Waals surface area contributed by atoms with Crippen LogP contribution in [0.2, 0.25) is 0 Å². The monoisotopic (exact) mass is 233 g/mol. The van der Waals surface area contributed by atoms with Crippen LogP contribution in [0, 0.1) is 11.3 Å². The minimum atomic E-state index is 0.583. The fourth-order valence-corrected chi connectivity index (χ4v) is 1.38. The molecule has 0 spiro atoms. The summed E-state index contributed by atoms with van der Waals surface area (Å²) in [6.07, 6.45) is 3.12. The van der Waals surface area contributed by atoms with Gasteiger partial charge >= 0.3 is 0 Å². The number of rotatable bonds is 8. The quantitative estimate of drug-likeness (QED) is 0.648. The summed E-state index contributed by atoms with van der Waals surface area (Å²) in [6, 6.07) is 9.38. The molecule has 0 aliphatic heterocycles. The summed E-state index contributed by atoms with van der Waals surface area (Å²) in [5.41, 5.74) is 0.583. The van der Waals surface area contributed by atoms with E-state index in [1.165, 1.54) is 0 Å². The summed E-state index contributed by atoms with van der Waals surface area (Å²) in [7, 11) is 0. The molecule has 1 rings (SSSR count). The molecule has 1 aromatic carbocycles. The van der Waals surface area contributed by atoms with E-state index in [9.17, 15) is 0 Å². The molecule has 3 nitrogen and oxygen atoms in total. The van der Waals surface area contributed by atoms with Crippen molar-refractivity contribution in [2.45, 2.75) is 26.2 Å². The lowest BCUT2D eigenvalue weighted by Crippen LogP contribution is -2.04. The summed E-state index contributed by atoms with van der Waals surface area (Å²) >= 11 is 0. The Morgan fingerprint density at radius 3 is 2.65 bits per heavy atom. The topological polar surface area (TPSA) is 42.2 Å². The highest BCUT2D eigenvalue weighted by Gasteiger charge is 2.00. The normalized spacial score (nSPS) is 9.88. The van der Waals surface area contributed by atoms with Gasteiger partial charge < -0.3 is 9.47 Å². The summed E-state index contributed by atoms with van der Waals surface area (Å²) in [6.45, 7) is 4.27. The van der Waals surface area contributed by atoms with E-state index in [4.69, 9.17) is 14.7 Å². The van der Waals surface area contributed by atoms with Crippen LogP contribution in [-0.4, -0.2) is 19.8 Å². The van der Waals surface area contributed by atoms with Crippen LogP contribution >= 0.6 is 0 Å². The highest BCUT2D eigenvalue weighted by molar-refractivity contribution is 5.42. The highest BCUT2D eigenvalue weighted by atomic mass is 16.5. The van der Waals surface area contributed by atoms with Crippen molar-refractivity contribution in [3.63, 3.8) is 0 Å². The Bertz CT molecular complexity index is 357. The minimum absolute atomic E-state index is 0.583. The molecule has 17 heavy (non-hydrogen) atoms. The van der Waals surface area contributed by atoms with Gasteiger partial charge in [-0.3, -0.25) is 0 Å². The number of benzene rings is 1. The van der Waals surface area contributed by atoms with Crippen molar-refractivity contribution in [1.82, 2.24) is 0 Å². The first-order valence-corrected chi connectivity index (χ1v) is 6.08. The van der Waals surface area contributed by atoms with E-state index in [1.807, 2.05) is 18.2 Å². The molecule has 0 unspecified atom stereocenters. The van der Waals surface area contributed by atoms with Crippen molar-refractivity contribution in [2.24, 2.45) is 0 Å². The predicted molar refractivity (Wildman–Crippen MR) is 67.0 cm³/mol. The van der Waals surface area contributed by atoms with Gasteiger partial charge in [-0.05, 0) is 18.6 Å². The average Bonchev–Trinajstić information content (AvgIpc) is 2.38. The Labute approximate surface area is 103 Å². The Morgan fingerprint density at radius 1 is 1.12 bits per heavy atom. The van der Waals surface area contributed by atoms with Crippen molar-refractivity contribution in [3.8, 4) is 11.8 Å². The van der Waals surface area contributed by atoms with E-state index in [0.717, 1.165) is 25.9 Å². The van der Waals surface area contributed by atoms with E-state index in [2.05, 4.69) is 13.0 Å². The first kappa shape index (κ1) is 13.5. The fraction of sp³-hybridized carbons (Fsp3) is 0.500. The predicted octanol–water partition coefficient (Wildman–Crippen LogP) is 3.14. The van der Waals surface area contributed by atoms with Crippen LogP contribution in [0.3, 0.4) is 0 Å². The van der Waals surface area contributed by atoms with E-state index >= 15 is 0 Å². The van der Waals surface area contributed by atoms with Gasteiger partial charge in [0, 0.05) is 19.6 Å². The van der Waals surface area contributed by atoms with Gasteiger partial charge in [0.25, 0.3) is 0 Å². The maximum atomic E-state index is 8.86. The lowest BCUT2D eigenvalue weighted by molar-refractivity contribution is 0.117. The third-order valence-electron chi connectivity index (χ3n) is 2.34. The molecule has 0 aliphatic rings. The summed E-state index contributed by atoms with van der Waals surface area (Å²) in [4.78, 5) is 0. The smallest absolute Gasteiger partial charge is 0.137 e. The van der Waals surface area contributed by atoms with Crippen molar-refractivity contribution in [2.75, 3.05) is 19.8 Å². The second-order valence-electron chi connectivity index (χ2n) is 3.78. The van der Waals surface area contributed by atoms with Gasteiger partial charge in [-0.2, -0.15) is 5.26 Å². The van der Waals surface area contributed by atoms with Crippen LogP contribution in [0.25, 0.3) is 0 Å². The number of nitriles is 1. The van der Waals surface area contributed by atoms with Crippen molar-refractivity contribution >= 4 is 0 Å². The van der Waals surface area contributed by atoms with Gasteiger partial charge in [0.1, 0.15) is 11.8 Å². The van der Waals surface area contributed by atoms with Crippen molar-refractivity contribution in [1.29, 1.82) is 5.26 Å². The van der Waals surface area contributed by atoms with Crippen LogP contribution in [0.1, 0.15) is 31.7 Å². The molecular formula is C14H19NO2. The molecule has 0 saturated carbocycles. The second kappa shape index (κ2) is 8.60. The summed E-state index contributed by atoms with van der Waals surface area (Å²) in [5, 5.41) is 8.86. The largest absolute Gasteiger partial charge is 0.492 e. The zero-order chi connectivity index (χ0) is 12.3. The summed E-state index contributed by atoms with van der Waals surface area (Å²) in [5.74, 6) is 0.656. The molecule has 0 radical (unpaired) electrons. The first-order chi connectivity index (χ1) is 8.38. The number of para-hydroxylation sites is 1. The number of hydrogen-bond acceptors (Lipinski definition) is 3. The fourth-order valence-electron chi connectivity index (χ4n) is 1.38. The molecule has 0 saturated heterocycles. The standard InChI is InChI=1S/C14H19NO2/c1-2-3-9-16-10-6-11-17-14-8-5-4-7-13(14)12-15/h4-5,7-8H,2-3,6,9-11H2,1H3. The van der Waals surface area contributed by atoms with Gasteiger partial charge in [0.05, 0.1) is 12.2 Å². The number of nitrogens with zero attached hydrogens (tertiary/aromatic N) is 1. The molecule has 0 fully saturated rings. The maximum absolute atomic E-state index is 8.86. The Morgan fingerprint density at radius 2 is 1.88 bits per heavy atom. The highest BCUT2D eigenvalue weighted by Crippen LogP contribution is 2.16. The van der Waals surface area contributed by atoms with E-state index in [1.54, 1.807) is 6.07 Å². The van der Waals surface area contributed by atoms with Gasteiger partial charge in [-0.1, -0.05) is 25.5 Å². The van der Waals surface area contributed by atoms with Crippen LogP contribution in [0.4, 0.5) is 0 Å². The zero-order valence-electron chi connectivity index (χ0n) is 10.3. The lowest BCUT2D eigenvalue weighted by Gasteiger charge is -2.07. The van der Waals surface area contributed by atoms with E-state index in [-0.39, 0.29) is 0 Å². The third kappa shape index (κ3) is 5.37. The Balaban J connectivity index is 2.16.